The summed E-state index contributed by atoms with van der Waals surface area (Å²) < 4.78 is 25.0. The standard InChI is InChI=1S/C48H50N6O6/c1-8-22-59-29(5)24-34-36-12-16-40(50-36)44(31-26-32(47(55)57-10-3)28-33(27-31)48(56)58-11-4)41-17-13-37(51-41)35(25-30(6)60-23-9-2)39-15-19-43(53-39)45(42-18-14-38(34)52-42)46-49-20-21-54(46)7/h8-9,12-21,26-30,50,53H,1-2,10-11,22-25H2,3-7H3. The molecule has 60 heavy (non-hydrogen) atoms. The maximum Gasteiger partial charge on any atom is 0.338 e. The fraction of sp³-hybridized carbons (Fsp3) is 0.271. The van der Waals surface area contributed by atoms with E-state index in [9.17, 15) is 9.59 Å². The van der Waals surface area contributed by atoms with Crippen LogP contribution in [0, 0.1) is 0 Å². The molecule has 308 valence electrons. The Morgan fingerprint density at radius 3 is 1.63 bits per heavy atom. The van der Waals surface area contributed by atoms with E-state index in [0.717, 1.165) is 56.1 Å². The number of ether oxygens (including phenoxy) is 4. The maximum absolute atomic E-state index is 13.3. The van der Waals surface area contributed by atoms with Gasteiger partial charge in [0, 0.05) is 65.5 Å². The highest BCUT2D eigenvalue weighted by atomic mass is 16.5. The Hall–Kier alpha value is -6.63. The SMILES string of the molecule is C=CCOC(C)Cc1c2nc(c(-c3nccn3C)c3ccc([nH]3)c(CC(C)OCC=C)c3nc(c(-c4cc(C(=O)OCC)cc(C(=O)OCC)c4)c4ccc1[nH]4)C=C3)C=C2. The van der Waals surface area contributed by atoms with E-state index in [1.165, 1.54) is 6.07 Å². The van der Waals surface area contributed by atoms with Crippen LogP contribution in [0.15, 0.2) is 80.2 Å². The average Bonchev–Trinajstić information content (AvgIpc) is 4.11. The minimum Gasteiger partial charge on any atom is -0.462 e. The zero-order valence-electron chi connectivity index (χ0n) is 34.7. The molecule has 6 heterocycles. The van der Waals surface area contributed by atoms with Gasteiger partial charge in [0.2, 0.25) is 0 Å². The molecule has 0 radical (unpaired) electrons. The second-order valence-corrected chi connectivity index (χ2v) is 14.6. The lowest BCUT2D eigenvalue weighted by Crippen LogP contribution is -2.12. The van der Waals surface area contributed by atoms with Crippen molar-refractivity contribution in [2.24, 2.45) is 7.05 Å². The van der Waals surface area contributed by atoms with Crippen molar-refractivity contribution in [3.8, 4) is 22.5 Å². The van der Waals surface area contributed by atoms with Crippen LogP contribution < -0.4 is 0 Å². The molecule has 1 aromatic carbocycles. The van der Waals surface area contributed by atoms with Crippen LogP contribution >= 0.6 is 0 Å². The molecule has 0 saturated carbocycles. The van der Waals surface area contributed by atoms with E-state index in [1.807, 2.05) is 74.2 Å². The molecule has 4 aromatic heterocycles. The molecule has 2 N–H and O–H groups in total. The summed E-state index contributed by atoms with van der Waals surface area (Å²) in [6, 6.07) is 13.1. The number of hydrogen-bond donors (Lipinski definition) is 2. The summed E-state index contributed by atoms with van der Waals surface area (Å²) in [4.78, 5) is 49.4. The Morgan fingerprint density at radius 2 is 1.17 bits per heavy atom. The van der Waals surface area contributed by atoms with Crippen LogP contribution in [0.5, 0.6) is 0 Å². The van der Waals surface area contributed by atoms with Gasteiger partial charge in [-0.2, -0.15) is 0 Å². The fourth-order valence-corrected chi connectivity index (χ4v) is 7.49. The maximum atomic E-state index is 13.3. The van der Waals surface area contributed by atoms with Crippen LogP contribution in [0.3, 0.4) is 0 Å². The summed E-state index contributed by atoms with van der Waals surface area (Å²) in [5, 5.41) is 0. The molecule has 8 bridgehead atoms. The lowest BCUT2D eigenvalue weighted by atomic mass is 9.98. The number of nitrogens with zero attached hydrogens (tertiary/aromatic N) is 4. The highest BCUT2D eigenvalue weighted by Gasteiger charge is 2.22. The molecule has 0 spiro atoms. The highest BCUT2D eigenvalue weighted by Crippen LogP contribution is 2.35. The van der Waals surface area contributed by atoms with Crippen LogP contribution in [-0.2, 0) is 38.8 Å². The third kappa shape index (κ3) is 8.85. The first-order valence-electron chi connectivity index (χ1n) is 20.2. The van der Waals surface area contributed by atoms with Crippen LogP contribution in [0.4, 0.5) is 0 Å². The van der Waals surface area contributed by atoms with Crippen LogP contribution in [0.25, 0.3) is 68.9 Å². The van der Waals surface area contributed by atoms with Gasteiger partial charge in [0.15, 0.2) is 0 Å². The first-order chi connectivity index (χ1) is 29.1. The van der Waals surface area contributed by atoms with Crippen molar-refractivity contribution >= 4 is 58.3 Å². The van der Waals surface area contributed by atoms with E-state index in [1.54, 1.807) is 44.3 Å². The van der Waals surface area contributed by atoms with Gasteiger partial charge >= 0.3 is 11.9 Å². The number of H-pyrrole nitrogens is 2. The van der Waals surface area contributed by atoms with Gasteiger partial charge in [0.1, 0.15) is 5.82 Å². The predicted molar refractivity (Wildman–Crippen MR) is 237 cm³/mol. The molecule has 0 fully saturated rings. The topological polar surface area (TPSA) is 146 Å². The smallest absolute Gasteiger partial charge is 0.338 e. The van der Waals surface area contributed by atoms with Crippen LogP contribution in [0.2, 0.25) is 0 Å². The molecule has 0 aliphatic carbocycles. The Bertz CT molecular complexity index is 2630. The first-order valence-corrected chi connectivity index (χ1v) is 20.2. The van der Waals surface area contributed by atoms with Crippen LogP contribution in [0.1, 0.15) is 82.3 Å². The molecule has 2 atom stereocenters. The van der Waals surface area contributed by atoms with Crippen molar-refractivity contribution in [3.05, 3.63) is 125 Å². The summed E-state index contributed by atoms with van der Waals surface area (Å²) >= 11 is 0. The van der Waals surface area contributed by atoms with E-state index in [-0.39, 0.29) is 36.5 Å². The lowest BCUT2D eigenvalue weighted by Gasteiger charge is -2.13. The zero-order valence-corrected chi connectivity index (χ0v) is 34.7. The molecule has 12 heteroatoms. The first kappa shape index (κ1) is 41.5. The number of aromatic nitrogens is 6. The summed E-state index contributed by atoms with van der Waals surface area (Å²) in [5.74, 6) is -0.361. The van der Waals surface area contributed by atoms with Crippen molar-refractivity contribution in [1.82, 2.24) is 29.5 Å². The molecule has 2 aliphatic rings. The van der Waals surface area contributed by atoms with Crippen molar-refractivity contribution < 1.29 is 28.5 Å². The number of esters is 2. The number of nitrogens with one attached hydrogen (secondary N) is 2. The van der Waals surface area contributed by atoms with Gasteiger partial charge in [-0.05, 0) is 100 Å². The summed E-state index contributed by atoms with van der Waals surface area (Å²) in [7, 11) is 1.97. The van der Waals surface area contributed by atoms with Gasteiger partial charge < -0.3 is 33.5 Å². The monoisotopic (exact) mass is 806 g/mol. The van der Waals surface area contributed by atoms with Crippen molar-refractivity contribution in [1.29, 1.82) is 0 Å². The number of rotatable bonds is 16. The van der Waals surface area contributed by atoms with E-state index < -0.39 is 11.9 Å². The van der Waals surface area contributed by atoms with Crippen molar-refractivity contribution in [2.45, 2.75) is 52.7 Å². The van der Waals surface area contributed by atoms with E-state index in [2.05, 4.69) is 29.2 Å². The second kappa shape index (κ2) is 18.5. The Kier molecular flexibility index (Phi) is 12.8. The summed E-state index contributed by atoms with van der Waals surface area (Å²) in [6.45, 7) is 16.3. The number of aromatic amines is 2. The van der Waals surface area contributed by atoms with Crippen molar-refractivity contribution in [2.75, 3.05) is 26.4 Å². The lowest BCUT2D eigenvalue weighted by molar-refractivity contribution is 0.0525. The average molecular weight is 807 g/mol. The Morgan fingerprint density at radius 1 is 0.700 bits per heavy atom. The summed E-state index contributed by atoms with van der Waals surface area (Å²) in [5.41, 5.74) is 10.4. The van der Waals surface area contributed by atoms with E-state index in [0.29, 0.717) is 48.4 Å². The van der Waals surface area contributed by atoms with Gasteiger partial charge in [-0.25, -0.2) is 24.5 Å². The number of aryl methyl sites for hydroxylation is 1. The minimum absolute atomic E-state index is 0.169. The number of carbonyl (C=O) groups is 2. The number of hydrogen-bond acceptors (Lipinski definition) is 9. The fourth-order valence-electron chi connectivity index (χ4n) is 7.49. The number of imidazole rings is 1. The molecule has 12 nitrogen and oxygen atoms in total. The van der Waals surface area contributed by atoms with Gasteiger partial charge in [-0.1, -0.05) is 12.2 Å². The summed E-state index contributed by atoms with van der Waals surface area (Å²) in [6.07, 6.45) is 15.9. The molecule has 0 saturated heterocycles. The van der Waals surface area contributed by atoms with Gasteiger partial charge in [-0.15, -0.1) is 13.2 Å². The van der Waals surface area contributed by atoms with E-state index in [4.69, 9.17) is 33.9 Å². The number of benzene rings is 1. The molecule has 7 rings (SSSR count). The molecular formula is C48H50N6O6. The number of carbonyl (C=O) groups excluding carboxylic acids is 2. The molecule has 0 amide bonds. The van der Waals surface area contributed by atoms with Crippen molar-refractivity contribution in [3.63, 3.8) is 0 Å². The molecule has 5 aromatic rings. The molecule has 2 aliphatic heterocycles. The van der Waals surface area contributed by atoms with Gasteiger partial charge in [-0.3, -0.25) is 0 Å². The Balaban J connectivity index is 1.62. The second-order valence-electron chi connectivity index (χ2n) is 14.6. The van der Waals surface area contributed by atoms with Crippen LogP contribution in [-0.4, -0.2) is 80.1 Å². The minimum atomic E-state index is -0.558. The van der Waals surface area contributed by atoms with E-state index >= 15 is 0 Å². The Labute approximate surface area is 349 Å². The van der Waals surface area contributed by atoms with Gasteiger partial charge in [0.25, 0.3) is 0 Å². The zero-order chi connectivity index (χ0) is 42.3. The number of fused-ring (bicyclic) bond motifs is 8. The van der Waals surface area contributed by atoms with Gasteiger partial charge in [0.05, 0.1) is 83.6 Å². The largest absolute Gasteiger partial charge is 0.462 e. The highest BCUT2D eigenvalue weighted by molar-refractivity contribution is 6.00. The normalized spacial score (nSPS) is 12.9. The third-order valence-electron chi connectivity index (χ3n) is 10.2. The quantitative estimate of drug-likeness (QED) is 0.0721. The molecular weight excluding hydrogens is 757 g/mol. The predicted octanol–water partition coefficient (Wildman–Crippen LogP) is 9.34. The molecule has 2 unspecified atom stereocenters. The third-order valence-corrected chi connectivity index (χ3v) is 10.2.